The maximum atomic E-state index is 12.0. The summed E-state index contributed by atoms with van der Waals surface area (Å²) in [4.78, 5) is 16.2. The van der Waals surface area contributed by atoms with Crippen molar-refractivity contribution in [2.75, 3.05) is 18.9 Å². The summed E-state index contributed by atoms with van der Waals surface area (Å²) >= 11 is 0. The summed E-state index contributed by atoms with van der Waals surface area (Å²) in [6.45, 7) is 4.82. The van der Waals surface area contributed by atoms with Crippen molar-refractivity contribution in [1.82, 2.24) is 10.6 Å². The zero-order valence-electron chi connectivity index (χ0n) is 15.4. The fourth-order valence-electron chi connectivity index (χ4n) is 3.21. The standard InChI is InChI=1S/C19H30N4O.HI/c1-14(2)15-9-11-17(12-10-15)23-19(20-3)21-13-18(24)22-16-7-5-4-6-8-16;/h4-8,14-15,17H,9-13H2,1-3H3,(H,22,24)(H2,20,21,23);1H. The molecule has 1 aliphatic rings. The lowest BCUT2D eigenvalue weighted by atomic mass is 9.80. The van der Waals surface area contributed by atoms with E-state index in [1.165, 1.54) is 25.7 Å². The molecule has 0 atom stereocenters. The SMILES string of the molecule is CN=C(NCC(=O)Nc1ccccc1)NC1CCC(C(C)C)CC1.I. The number of nitrogens with one attached hydrogen (secondary N) is 3. The van der Waals surface area contributed by atoms with E-state index in [2.05, 4.69) is 34.8 Å². The van der Waals surface area contributed by atoms with Crippen molar-refractivity contribution < 1.29 is 4.79 Å². The van der Waals surface area contributed by atoms with Gasteiger partial charge in [-0.15, -0.1) is 24.0 Å². The van der Waals surface area contributed by atoms with Crippen LogP contribution in [-0.2, 0) is 4.79 Å². The summed E-state index contributed by atoms with van der Waals surface area (Å²) in [6.07, 6.45) is 4.86. The number of aliphatic imine (C=N–C) groups is 1. The van der Waals surface area contributed by atoms with E-state index in [1.807, 2.05) is 30.3 Å². The van der Waals surface area contributed by atoms with Crippen LogP contribution in [0.25, 0.3) is 0 Å². The van der Waals surface area contributed by atoms with Gasteiger partial charge in [-0.2, -0.15) is 0 Å². The van der Waals surface area contributed by atoms with E-state index in [4.69, 9.17) is 0 Å². The lowest BCUT2D eigenvalue weighted by Gasteiger charge is -2.32. The van der Waals surface area contributed by atoms with E-state index >= 15 is 0 Å². The Balaban J connectivity index is 0.00000312. The van der Waals surface area contributed by atoms with Crippen LogP contribution in [0.2, 0.25) is 0 Å². The van der Waals surface area contributed by atoms with E-state index in [9.17, 15) is 4.79 Å². The van der Waals surface area contributed by atoms with Crippen LogP contribution in [0.4, 0.5) is 5.69 Å². The maximum absolute atomic E-state index is 12.0. The molecule has 1 saturated carbocycles. The second-order valence-electron chi connectivity index (χ2n) is 6.84. The first-order chi connectivity index (χ1) is 11.6. The highest BCUT2D eigenvalue weighted by Crippen LogP contribution is 2.29. The van der Waals surface area contributed by atoms with Crippen LogP contribution < -0.4 is 16.0 Å². The molecule has 140 valence electrons. The summed E-state index contributed by atoms with van der Waals surface area (Å²) in [6, 6.07) is 9.92. The Bertz CT molecular complexity index is 540. The number of benzene rings is 1. The normalized spacial score (nSPS) is 20.6. The highest BCUT2D eigenvalue weighted by atomic mass is 127. The molecule has 3 N–H and O–H groups in total. The van der Waals surface area contributed by atoms with Gasteiger partial charge in [-0.25, -0.2) is 0 Å². The van der Waals surface area contributed by atoms with Crippen LogP contribution in [-0.4, -0.2) is 31.5 Å². The number of para-hydroxylation sites is 1. The van der Waals surface area contributed by atoms with Crippen molar-refractivity contribution in [2.24, 2.45) is 16.8 Å². The van der Waals surface area contributed by atoms with Crippen molar-refractivity contribution in [3.63, 3.8) is 0 Å². The molecule has 0 saturated heterocycles. The van der Waals surface area contributed by atoms with Gasteiger partial charge in [-0.3, -0.25) is 9.79 Å². The lowest BCUT2D eigenvalue weighted by Crippen LogP contribution is -2.47. The van der Waals surface area contributed by atoms with E-state index in [-0.39, 0.29) is 36.4 Å². The largest absolute Gasteiger partial charge is 0.354 e. The second-order valence-corrected chi connectivity index (χ2v) is 6.84. The van der Waals surface area contributed by atoms with Crippen LogP contribution in [0.1, 0.15) is 39.5 Å². The van der Waals surface area contributed by atoms with Crippen LogP contribution in [0.5, 0.6) is 0 Å². The molecular formula is C19H31IN4O. The van der Waals surface area contributed by atoms with Gasteiger partial charge in [0.25, 0.3) is 0 Å². The van der Waals surface area contributed by atoms with Gasteiger partial charge in [-0.05, 0) is 49.7 Å². The summed E-state index contributed by atoms with van der Waals surface area (Å²) in [7, 11) is 1.74. The van der Waals surface area contributed by atoms with Crippen molar-refractivity contribution >= 4 is 41.5 Å². The number of nitrogens with zero attached hydrogens (tertiary/aromatic N) is 1. The van der Waals surface area contributed by atoms with Gasteiger partial charge < -0.3 is 16.0 Å². The highest BCUT2D eigenvalue weighted by molar-refractivity contribution is 14.0. The van der Waals surface area contributed by atoms with Crippen LogP contribution >= 0.6 is 24.0 Å². The molecule has 0 spiro atoms. The number of anilines is 1. The number of hydrogen-bond acceptors (Lipinski definition) is 2. The fraction of sp³-hybridized carbons (Fsp3) is 0.579. The van der Waals surface area contributed by atoms with Crippen LogP contribution in [0.3, 0.4) is 0 Å². The Hall–Kier alpha value is -1.31. The first kappa shape index (κ1) is 21.7. The first-order valence-electron chi connectivity index (χ1n) is 8.90. The number of hydrogen-bond donors (Lipinski definition) is 3. The molecule has 0 radical (unpaired) electrons. The predicted octanol–water partition coefficient (Wildman–Crippen LogP) is 3.62. The van der Waals surface area contributed by atoms with E-state index in [0.717, 1.165) is 17.5 Å². The minimum atomic E-state index is -0.0762. The van der Waals surface area contributed by atoms with Gasteiger partial charge in [0.2, 0.25) is 5.91 Å². The Labute approximate surface area is 168 Å². The zero-order valence-corrected chi connectivity index (χ0v) is 17.7. The van der Waals surface area contributed by atoms with Crippen molar-refractivity contribution in [2.45, 2.75) is 45.6 Å². The molecule has 1 fully saturated rings. The third-order valence-electron chi connectivity index (χ3n) is 4.75. The molecule has 1 aromatic rings. The Kier molecular flexibility index (Phi) is 9.85. The molecule has 1 aliphatic carbocycles. The maximum Gasteiger partial charge on any atom is 0.243 e. The number of carbonyl (C=O) groups is 1. The number of rotatable bonds is 5. The molecule has 1 amide bonds. The number of halogens is 1. The molecule has 0 aliphatic heterocycles. The van der Waals surface area contributed by atoms with Gasteiger partial charge in [0, 0.05) is 18.8 Å². The van der Waals surface area contributed by atoms with Crippen LogP contribution in [0, 0.1) is 11.8 Å². The van der Waals surface area contributed by atoms with Gasteiger partial charge in [-0.1, -0.05) is 32.0 Å². The third kappa shape index (κ3) is 7.63. The predicted molar refractivity (Wildman–Crippen MR) is 116 cm³/mol. The number of guanidine groups is 1. The molecular weight excluding hydrogens is 427 g/mol. The topological polar surface area (TPSA) is 65.5 Å². The fourth-order valence-corrected chi connectivity index (χ4v) is 3.21. The minimum absolute atomic E-state index is 0. The molecule has 25 heavy (non-hydrogen) atoms. The Morgan fingerprint density at radius 2 is 1.80 bits per heavy atom. The first-order valence-corrected chi connectivity index (χ1v) is 8.90. The van der Waals surface area contributed by atoms with Crippen molar-refractivity contribution in [3.8, 4) is 0 Å². The molecule has 0 heterocycles. The monoisotopic (exact) mass is 458 g/mol. The summed E-state index contributed by atoms with van der Waals surface area (Å²) in [5.41, 5.74) is 0.805. The summed E-state index contributed by atoms with van der Waals surface area (Å²) < 4.78 is 0. The molecule has 0 unspecified atom stereocenters. The molecule has 5 nitrogen and oxygen atoms in total. The summed E-state index contributed by atoms with van der Waals surface area (Å²) in [5, 5.41) is 9.40. The number of carbonyl (C=O) groups excluding carboxylic acids is 1. The third-order valence-corrected chi connectivity index (χ3v) is 4.75. The second kappa shape index (κ2) is 11.3. The van der Waals surface area contributed by atoms with Gasteiger partial charge in [0.05, 0.1) is 6.54 Å². The van der Waals surface area contributed by atoms with E-state index in [0.29, 0.717) is 12.0 Å². The van der Waals surface area contributed by atoms with E-state index < -0.39 is 0 Å². The van der Waals surface area contributed by atoms with Crippen molar-refractivity contribution in [3.05, 3.63) is 30.3 Å². The van der Waals surface area contributed by atoms with Crippen molar-refractivity contribution in [1.29, 1.82) is 0 Å². The zero-order chi connectivity index (χ0) is 17.4. The molecule has 2 rings (SSSR count). The van der Waals surface area contributed by atoms with E-state index in [1.54, 1.807) is 7.05 Å². The summed E-state index contributed by atoms with van der Waals surface area (Å²) in [5.74, 6) is 2.23. The van der Waals surface area contributed by atoms with Gasteiger partial charge in [0.1, 0.15) is 0 Å². The quantitative estimate of drug-likeness (QED) is 0.359. The van der Waals surface area contributed by atoms with Crippen LogP contribution in [0.15, 0.2) is 35.3 Å². The lowest BCUT2D eigenvalue weighted by molar-refractivity contribution is -0.115. The van der Waals surface area contributed by atoms with Gasteiger partial charge in [0.15, 0.2) is 5.96 Å². The average Bonchev–Trinajstić information content (AvgIpc) is 2.60. The molecule has 0 aromatic heterocycles. The van der Waals surface area contributed by atoms with Gasteiger partial charge >= 0.3 is 0 Å². The molecule has 6 heteroatoms. The molecule has 1 aromatic carbocycles. The average molecular weight is 458 g/mol. The number of amides is 1. The Morgan fingerprint density at radius 3 is 2.36 bits per heavy atom. The Morgan fingerprint density at radius 1 is 1.16 bits per heavy atom. The minimum Gasteiger partial charge on any atom is -0.354 e. The molecule has 0 bridgehead atoms. The highest BCUT2D eigenvalue weighted by Gasteiger charge is 2.23. The smallest absolute Gasteiger partial charge is 0.243 e.